The van der Waals surface area contributed by atoms with E-state index in [4.69, 9.17) is 5.73 Å². The Hall–Kier alpha value is -0.0800. The van der Waals surface area contributed by atoms with Gasteiger partial charge in [-0.15, -0.1) is 0 Å². The highest BCUT2D eigenvalue weighted by Crippen LogP contribution is 2.57. The first-order chi connectivity index (χ1) is 8.11. The molecule has 3 aliphatic rings. The first kappa shape index (κ1) is 12.0. The van der Waals surface area contributed by atoms with Gasteiger partial charge in [0.15, 0.2) is 0 Å². The van der Waals surface area contributed by atoms with Crippen molar-refractivity contribution in [3.63, 3.8) is 0 Å². The van der Waals surface area contributed by atoms with Gasteiger partial charge in [-0.1, -0.05) is 19.8 Å². The number of likely N-dealkylation sites (tertiary alicyclic amines) is 1. The molecule has 1 aliphatic heterocycles. The third kappa shape index (κ3) is 1.67. The minimum Gasteiger partial charge on any atom is -0.329 e. The van der Waals surface area contributed by atoms with Crippen LogP contribution in [0.2, 0.25) is 0 Å². The summed E-state index contributed by atoms with van der Waals surface area (Å²) in [5.41, 5.74) is 6.97. The van der Waals surface area contributed by atoms with Crippen molar-refractivity contribution in [1.82, 2.24) is 4.90 Å². The summed E-state index contributed by atoms with van der Waals surface area (Å²) in [7, 11) is 0. The van der Waals surface area contributed by atoms with Gasteiger partial charge in [0, 0.05) is 18.1 Å². The molecule has 1 saturated heterocycles. The van der Waals surface area contributed by atoms with E-state index in [9.17, 15) is 0 Å². The molecule has 2 saturated carbocycles. The summed E-state index contributed by atoms with van der Waals surface area (Å²) in [6.45, 7) is 7.04. The van der Waals surface area contributed by atoms with Gasteiger partial charge in [-0.3, -0.25) is 4.90 Å². The van der Waals surface area contributed by atoms with E-state index < -0.39 is 0 Å². The van der Waals surface area contributed by atoms with Crippen LogP contribution in [-0.2, 0) is 0 Å². The summed E-state index contributed by atoms with van der Waals surface area (Å²) in [5, 5.41) is 0. The van der Waals surface area contributed by atoms with Gasteiger partial charge < -0.3 is 5.73 Å². The summed E-state index contributed by atoms with van der Waals surface area (Å²) in [6, 6.07) is 0.856. The Kier molecular flexibility index (Phi) is 2.79. The first-order valence-electron chi connectivity index (χ1n) is 7.58. The van der Waals surface area contributed by atoms with Crippen molar-refractivity contribution >= 4 is 0 Å². The van der Waals surface area contributed by atoms with Gasteiger partial charge in [0.25, 0.3) is 0 Å². The first-order valence-corrected chi connectivity index (χ1v) is 7.58. The zero-order valence-electron chi connectivity index (χ0n) is 11.5. The zero-order chi connectivity index (χ0) is 12.1. The van der Waals surface area contributed by atoms with Crippen molar-refractivity contribution in [3.05, 3.63) is 0 Å². The Morgan fingerprint density at radius 2 is 1.94 bits per heavy atom. The third-order valence-corrected chi connectivity index (χ3v) is 6.34. The van der Waals surface area contributed by atoms with Gasteiger partial charge in [0.2, 0.25) is 0 Å². The van der Waals surface area contributed by atoms with E-state index in [1.807, 2.05) is 0 Å². The number of nitrogens with two attached hydrogens (primary N) is 1. The molecule has 1 heterocycles. The minimum absolute atomic E-state index is 0.268. The number of nitrogens with zero attached hydrogens (tertiary/aromatic N) is 1. The number of hydrogen-bond donors (Lipinski definition) is 1. The van der Waals surface area contributed by atoms with Crippen LogP contribution < -0.4 is 5.73 Å². The minimum atomic E-state index is 0.268. The van der Waals surface area contributed by atoms with E-state index in [1.54, 1.807) is 0 Å². The van der Waals surface area contributed by atoms with Crippen LogP contribution in [-0.4, -0.2) is 29.6 Å². The fraction of sp³-hybridized carbons (Fsp3) is 1.00. The molecular weight excluding hydrogens is 208 g/mol. The SMILES string of the molecule is CC1(C(C)(CN)N2CCC3CCCCC32)CC1. The highest BCUT2D eigenvalue weighted by Gasteiger charge is 2.58. The molecule has 2 nitrogen and oxygen atoms in total. The molecule has 0 amide bonds. The molecule has 2 aliphatic carbocycles. The Labute approximate surface area is 106 Å². The molecule has 0 spiro atoms. The van der Waals surface area contributed by atoms with Gasteiger partial charge in [-0.2, -0.15) is 0 Å². The average Bonchev–Trinajstić information content (AvgIpc) is 2.96. The second-order valence-corrected chi connectivity index (χ2v) is 7.13. The Morgan fingerprint density at radius 1 is 1.24 bits per heavy atom. The van der Waals surface area contributed by atoms with Crippen molar-refractivity contribution in [2.75, 3.05) is 13.1 Å². The standard InChI is InChI=1S/C15H28N2/c1-14(8-9-14)15(2,11-16)17-10-7-12-5-3-4-6-13(12)17/h12-13H,3-11,16H2,1-2H3. The summed E-state index contributed by atoms with van der Waals surface area (Å²) >= 11 is 0. The van der Waals surface area contributed by atoms with Gasteiger partial charge in [-0.25, -0.2) is 0 Å². The summed E-state index contributed by atoms with van der Waals surface area (Å²) in [5.74, 6) is 0.983. The number of hydrogen-bond acceptors (Lipinski definition) is 2. The lowest BCUT2D eigenvalue weighted by Crippen LogP contribution is -2.59. The second kappa shape index (κ2) is 3.96. The largest absolute Gasteiger partial charge is 0.329 e. The van der Waals surface area contributed by atoms with Crippen LogP contribution in [0.5, 0.6) is 0 Å². The zero-order valence-corrected chi connectivity index (χ0v) is 11.5. The van der Waals surface area contributed by atoms with Crippen molar-refractivity contribution in [1.29, 1.82) is 0 Å². The molecule has 2 heteroatoms. The Morgan fingerprint density at radius 3 is 2.59 bits per heavy atom. The van der Waals surface area contributed by atoms with E-state index in [0.29, 0.717) is 5.41 Å². The van der Waals surface area contributed by atoms with Crippen molar-refractivity contribution < 1.29 is 0 Å². The fourth-order valence-corrected chi connectivity index (χ4v) is 4.46. The monoisotopic (exact) mass is 236 g/mol. The van der Waals surface area contributed by atoms with Gasteiger partial charge in [0.05, 0.1) is 0 Å². The van der Waals surface area contributed by atoms with Crippen LogP contribution in [0.4, 0.5) is 0 Å². The van der Waals surface area contributed by atoms with Crippen LogP contribution >= 0.6 is 0 Å². The predicted molar refractivity (Wildman–Crippen MR) is 71.9 cm³/mol. The van der Waals surface area contributed by atoms with E-state index in [0.717, 1.165) is 18.5 Å². The van der Waals surface area contributed by atoms with Crippen LogP contribution in [0.15, 0.2) is 0 Å². The molecule has 2 N–H and O–H groups in total. The maximum Gasteiger partial charge on any atom is 0.0360 e. The Bertz CT molecular complexity index is 297. The quantitative estimate of drug-likeness (QED) is 0.816. The predicted octanol–water partition coefficient (Wildman–Crippen LogP) is 2.77. The van der Waals surface area contributed by atoms with Crippen LogP contribution in [0.1, 0.15) is 58.8 Å². The van der Waals surface area contributed by atoms with E-state index in [1.165, 1.54) is 51.5 Å². The highest BCUT2D eigenvalue weighted by molar-refractivity contribution is 5.12. The molecule has 3 unspecified atom stereocenters. The van der Waals surface area contributed by atoms with Crippen molar-refractivity contribution in [3.8, 4) is 0 Å². The molecule has 0 aromatic carbocycles. The smallest absolute Gasteiger partial charge is 0.0360 e. The molecule has 0 aromatic rings. The lowest BCUT2D eigenvalue weighted by molar-refractivity contribution is 0.0177. The molecule has 0 bridgehead atoms. The van der Waals surface area contributed by atoms with Crippen LogP contribution in [0.25, 0.3) is 0 Å². The topological polar surface area (TPSA) is 29.3 Å². The molecular formula is C15H28N2. The molecule has 0 radical (unpaired) electrons. The van der Waals surface area contributed by atoms with Gasteiger partial charge in [-0.05, 0) is 56.9 Å². The molecule has 3 atom stereocenters. The summed E-state index contributed by atoms with van der Waals surface area (Å²) in [4.78, 5) is 2.82. The average molecular weight is 236 g/mol. The summed E-state index contributed by atoms with van der Waals surface area (Å²) in [6.07, 6.45) is 10.00. The highest BCUT2D eigenvalue weighted by atomic mass is 15.3. The maximum atomic E-state index is 6.19. The third-order valence-electron chi connectivity index (χ3n) is 6.34. The van der Waals surface area contributed by atoms with E-state index in [2.05, 4.69) is 18.7 Å². The lowest BCUT2D eigenvalue weighted by atomic mass is 9.79. The van der Waals surface area contributed by atoms with E-state index in [-0.39, 0.29) is 5.54 Å². The fourth-order valence-electron chi connectivity index (χ4n) is 4.46. The van der Waals surface area contributed by atoms with Gasteiger partial charge in [0.1, 0.15) is 0 Å². The van der Waals surface area contributed by atoms with Crippen molar-refractivity contribution in [2.45, 2.75) is 70.4 Å². The van der Waals surface area contributed by atoms with E-state index >= 15 is 0 Å². The van der Waals surface area contributed by atoms with Gasteiger partial charge >= 0.3 is 0 Å². The molecule has 98 valence electrons. The van der Waals surface area contributed by atoms with Crippen molar-refractivity contribution in [2.24, 2.45) is 17.1 Å². The summed E-state index contributed by atoms with van der Waals surface area (Å²) < 4.78 is 0. The lowest BCUT2D eigenvalue weighted by Gasteiger charge is -2.48. The number of fused-ring (bicyclic) bond motifs is 1. The maximum absolute atomic E-state index is 6.19. The molecule has 3 rings (SSSR count). The molecule has 17 heavy (non-hydrogen) atoms. The molecule has 0 aromatic heterocycles. The normalized spacial score (nSPS) is 39.7. The Balaban J connectivity index is 1.83. The molecule has 3 fully saturated rings. The second-order valence-electron chi connectivity index (χ2n) is 7.13. The number of rotatable bonds is 3. The van der Waals surface area contributed by atoms with Crippen LogP contribution in [0.3, 0.4) is 0 Å². The van der Waals surface area contributed by atoms with Crippen LogP contribution in [0, 0.1) is 11.3 Å².